The van der Waals surface area contributed by atoms with E-state index in [1.165, 1.54) is 10.4 Å². The number of hydrogen-bond acceptors (Lipinski definition) is 4. The zero-order chi connectivity index (χ0) is 24.3. The third-order valence-corrected chi connectivity index (χ3v) is 7.91. The summed E-state index contributed by atoms with van der Waals surface area (Å²) in [5.74, 6) is -0.321. The van der Waals surface area contributed by atoms with Crippen molar-refractivity contribution in [3.8, 4) is 0 Å². The van der Waals surface area contributed by atoms with Crippen molar-refractivity contribution in [1.82, 2.24) is 15.1 Å². The van der Waals surface area contributed by atoms with Crippen molar-refractivity contribution in [3.05, 3.63) is 114 Å². The Hall–Kier alpha value is -3.91. The normalized spacial score (nSPS) is 13.3. The number of rotatable bonds is 7. The van der Waals surface area contributed by atoms with E-state index in [4.69, 9.17) is 0 Å². The maximum Gasteiger partial charge on any atom is 0.264 e. The number of nitrogens with one attached hydrogen (secondary N) is 1. The molecule has 7 nitrogen and oxygen atoms in total. The number of amides is 1. The lowest BCUT2D eigenvalue weighted by Gasteiger charge is -2.30. The van der Waals surface area contributed by atoms with E-state index in [-0.39, 0.29) is 10.8 Å². The number of carbonyl (C=O) groups is 1. The Bertz CT molecular complexity index is 1450. The fourth-order valence-electron chi connectivity index (χ4n) is 4.38. The molecular weight excluding hydrogens is 460 g/mol. The van der Waals surface area contributed by atoms with E-state index in [1.54, 1.807) is 24.4 Å². The van der Waals surface area contributed by atoms with Crippen LogP contribution < -0.4 is 9.62 Å². The first kappa shape index (κ1) is 22.9. The summed E-state index contributed by atoms with van der Waals surface area (Å²) in [5, 5.41) is 7.13. The van der Waals surface area contributed by atoms with Gasteiger partial charge in [0.2, 0.25) is 0 Å². The van der Waals surface area contributed by atoms with Crippen molar-refractivity contribution in [2.75, 3.05) is 10.8 Å². The summed E-state index contributed by atoms with van der Waals surface area (Å²) in [6.45, 7) is 1.40. The lowest BCUT2D eigenvalue weighted by molar-refractivity contribution is 0.0950. The standard InChI is InChI=1S/C27H26N4O3S/c32-27(28-19-21-7-3-8-22(17-21)20-30-15-6-14-29-30)24-10-4-12-25(18-24)35(33,34)31-16-5-11-23-9-1-2-13-26(23)31/h1-4,6-10,12-15,17-18H,5,11,16,19-20H2,(H,28,32). The van der Waals surface area contributed by atoms with Crippen LogP contribution in [0.2, 0.25) is 0 Å². The average molecular weight is 487 g/mol. The van der Waals surface area contributed by atoms with Gasteiger partial charge in [0.05, 0.1) is 17.1 Å². The van der Waals surface area contributed by atoms with Crippen molar-refractivity contribution in [1.29, 1.82) is 0 Å². The molecule has 0 unspecified atom stereocenters. The summed E-state index contributed by atoms with van der Waals surface area (Å²) in [4.78, 5) is 13.0. The lowest BCUT2D eigenvalue weighted by atomic mass is 10.0. The number of aromatic nitrogens is 2. The number of carbonyl (C=O) groups excluding carboxylic acids is 1. The first-order valence-electron chi connectivity index (χ1n) is 11.5. The van der Waals surface area contributed by atoms with Crippen LogP contribution in [0.1, 0.15) is 33.5 Å². The van der Waals surface area contributed by atoms with Crippen molar-refractivity contribution in [3.63, 3.8) is 0 Å². The fourth-order valence-corrected chi connectivity index (χ4v) is 5.96. The number of fused-ring (bicyclic) bond motifs is 1. The van der Waals surface area contributed by atoms with Gasteiger partial charge in [0, 0.05) is 31.0 Å². The number of hydrogen-bond donors (Lipinski definition) is 1. The van der Waals surface area contributed by atoms with Gasteiger partial charge in [-0.2, -0.15) is 5.10 Å². The molecule has 1 aromatic heterocycles. The Morgan fingerprint density at radius 2 is 1.77 bits per heavy atom. The number of benzene rings is 3. The van der Waals surface area contributed by atoms with E-state index in [0.717, 1.165) is 29.5 Å². The molecule has 5 rings (SSSR count). The van der Waals surface area contributed by atoms with Crippen LogP contribution in [0.15, 0.2) is 96.2 Å². The van der Waals surface area contributed by atoms with Crippen LogP contribution in [0, 0.1) is 0 Å². The molecule has 0 saturated carbocycles. The largest absolute Gasteiger partial charge is 0.348 e. The molecule has 1 amide bonds. The highest BCUT2D eigenvalue weighted by atomic mass is 32.2. The third-order valence-electron chi connectivity index (χ3n) is 6.10. The molecule has 3 aromatic carbocycles. The lowest BCUT2D eigenvalue weighted by Crippen LogP contribution is -2.35. The van der Waals surface area contributed by atoms with E-state index in [0.29, 0.717) is 30.9 Å². The molecule has 1 N–H and O–H groups in total. The van der Waals surface area contributed by atoms with Crippen LogP contribution in [0.3, 0.4) is 0 Å². The first-order chi connectivity index (χ1) is 17.0. The minimum absolute atomic E-state index is 0.114. The monoisotopic (exact) mass is 486 g/mol. The van der Waals surface area contributed by atoms with E-state index < -0.39 is 10.0 Å². The fraction of sp³-hybridized carbons (Fsp3) is 0.185. The second-order valence-electron chi connectivity index (χ2n) is 8.54. The molecule has 0 fully saturated rings. The molecule has 0 atom stereocenters. The zero-order valence-electron chi connectivity index (χ0n) is 19.2. The van der Waals surface area contributed by atoms with Gasteiger partial charge in [-0.3, -0.25) is 13.8 Å². The minimum Gasteiger partial charge on any atom is -0.348 e. The average Bonchev–Trinajstić information content (AvgIpc) is 3.40. The number of aryl methyl sites for hydroxylation is 1. The maximum absolute atomic E-state index is 13.5. The van der Waals surface area contributed by atoms with Gasteiger partial charge in [-0.15, -0.1) is 0 Å². The summed E-state index contributed by atoms with van der Waals surface area (Å²) in [6, 6.07) is 23.6. The van der Waals surface area contributed by atoms with Crippen LogP contribution in [0.5, 0.6) is 0 Å². The summed E-state index contributed by atoms with van der Waals surface area (Å²) in [6.07, 6.45) is 5.25. The molecule has 35 heavy (non-hydrogen) atoms. The zero-order valence-corrected chi connectivity index (χ0v) is 20.0. The summed E-state index contributed by atoms with van der Waals surface area (Å²) in [7, 11) is -3.78. The molecule has 0 saturated heterocycles. The van der Waals surface area contributed by atoms with E-state index in [2.05, 4.69) is 10.4 Å². The molecular formula is C27H26N4O3S. The highest BCUT2D eigenvalue weighted by Crippen LogP contribution is 2.31. The van der Waals surface area contributed by atoms with Gasteiger partial charge >= 0.3 is 0 Å². The van der Waals surface area contributed by atoms with Gasteiger partial charge in [0.25, 0.3) is 15.9 Å². The molecule has 2 heterocycles. The second-order valence-corrected chi connectivity index (χ2v) is 10.4. The van der Waals surface area contributed by atoms with E-state index in [1.807, 2.05) is 65.5 Å². The van der Waals surface area contributed by atoms with Crippen LogP contribution >= 0.6 is 0 Å². The second kappa shape index (κ2) is 9.76. The molecule has 178 valence electrons. The predicted octanol–water partition coefficient (Wildman–Crippen LogP) is 4.00. The quantitative estimate of drug-likeness (QED) is 0.428. The van der Waals surface area contributed by atoms with Crippen LogP contribution in [-0.4, -0.2) is 30.7 Å². The molecule has 4 aromatic rings. The molecule has 8 heteroatoms. The SMILES string of the molecule is O=C(NCc1cccc(Cn2cccn2)c1)c1cccc(S(=O)(=O)N2CCCc3ccccc32)c1. The summed E-state index contributed by atoms with van der Waals surface area (Å²) in [5.41, 5.74) is 4.07. The number of anilines is 1. The highest BCUT2D eigenvalue weighted by Gasteiger charge is 2.29. The van der Waals surface area contributed by atoms with Crippen LogP contribution in [0.25, 0.3) is 0 Å². The molecule has 1 aliphatic heterocycles. The van der Waals surface area contributed by atoms with Crippen LogP contribution in [0.4, 0.5) is 5.69 Å². The molecule has 0 spiro atoms. The summed E-state index contributed by atoms with van der Waals surface area (Å²) < 4.78 is 30.2. The van der Waals surface area contributed by atoms with Crippen molar-refractivity contribution in [2.45, 2.75) is 30.8 Å². The minimum atomic E-state index is -3.78. The van der Waals surface area contributed by atoms with Crippen molar-refractivity contribution >= 4 is 21.6 Å². The Balaban J connectivity index is 1.30. The van der Waals surface area contributed by atoms with Gasteiger partial charge in [-0.25, -0.2) is 8.42 Å². The highest BCUT2D eigenvalue weighted by molar-refractivity contribution is 7.92. The Morgan fingerprint density at radius 1 is 0.943 bits per heavy atom. The smallest absolute Gasteiger partial charge is 0.264 e. The summed E-state index contributed by atoms with van der Waals surface area (Å²) >= 11 is 0. The predicted molar refractivity (Wildman–Crippen MR) is 135 cm³/mol. The first-order valence-corrected chi connectivity index (χ1v) is 13.0. The maximum atomic E-state index is 13.5. The van der Waals surface area contributed by atoms with E-state index in [9.17, 15) is 13.2 Å². The number of sulfonamides is 1. The Morgan fingerprint density at radius 3 is 2.63 bits per heavy atom. The third kappa shape index (κ3) is 4.97. The van der Waals surface area contributed by atoms with Gasteiger partial charge in [-0.05, 0) is 59.9 Å². The number of para-hydroxylation sites is 1. The topological polar surface area (TPSA) is 84.3 Å². The number of nitrogens with zero attached hydrogens (tertiary/aromatic N) is 3. The van der Waals surface area contributed by atoms with Gasteiger partial charge in [0.15, 0.2) is 0 Å². The molecule has 1 aliphatic rings. The van der Waals surface area contributed by atoms with E-state index >= 15 is 0 Å². The molecule has 0 radical (unpaired) electrons. The van der Waals surface area contributed by atoms with Crippen molar-refractivity contribution in [2.24, 2.45) is 0 Å². The van der Waals surface area contributed by atoms with Gasteiger partial charge < -0.3 is 5.32 Å². The van der Waals surface area contributed by atoms with Crippen molar-refractivity contribution < 1.29 is 13.2 Å². The van der Waals surface area contributed by atoms with Gasteiger partial charge in [-0.1, -0.05) is 48.5 Å². The molecule has 0 bridgehead atoms. The van der Waals surface area contributed by atoms with Gasteiger partial charge in [0.1, 0.15) is 0 Å². The Kier molecular flexibility index (Phi) is 6.37. The molecule has 0 aliphatic carbocycles. The van der Waals surface area contributed by atoms with Crippen LogP contribution in [-0.2, 0) is 29.5 Å². The Labute approximate surface area is 205 Å².